The van der Waals surface area contributed by atoms with Gasteiger partial charge in [-0.15, -0.1) is 0 Å². The highest BCUT2D eigenvalue weighted by Gasteiger charge is 2.20. The normalized spacial score (nSPS) is 12.3. The summed E-state index contributed by atoms with van der Waals surface area (Å²) in [5.74, 6) is -0.697. The van der Waals surface area contributed by atoms with Crippen LogP contribution in [0.25, 0.3) is 0 Å². The van der Waals surface area contributed by atoms with E-state index in [1.807, 2.05) is 45.0 Å². The van der Waals surface area contributed by atoms with Crippen molar-refractivity contribution in [1.82, 2.24) is 19.7 Å². The zero-order valence-corrected chi connectivity index (χ0v) is 20.7. The molecular formula is C23H25BrFN5OS. The Bertz CT molecular complexity index is 1110. The van der Waals surface area contributed by atoms with Crippen molar-refractivity contribution >= 4 is 39.6 Å². The van der Waals surface area contributed by atoms with Crippen molar-refractivity contribution in [2.75, 3.05) is 5.32 Å². The molecule has 0 spiro atoms. The molecule has 0 fully saturated rings. The van der Waals surface area contributed by atoms with Crippen molar-refractivity contribution in [2.45, 2.75) is 50.6 Å². The third kappa shape index (κ3) is 6.26. The summed E-state index contributed by atoms with van der Waals surface area (Å²) in [7, 11) is 0. The van der Waals surface area contributed by atoms with Gasteiger partial charge in [0.15, 0.2) is 0 Å². The highest BCUT2D eigenvalue weighted by Crippen LogP contribution is 2.24. The van der Waals surface area contributed by atoms with Crippen molar-refractivity contribution < 1.29 is 9.18 Å². The molecule has 3 rings (SSSR count). The van der Waals surface area contributed by atoms with Gasteiger partial charge < -0.3 is 5.32 Å². The number of hydrogen-bond acceptors (Lipinski definition) is 6. The van der Waals surface area contributed by atoms with E-state index in [0.29, 0.717) is 16.5 Å². The highest BCUT2D eigenvalue weighted by atomic mass is 79.9. The Kier molecular flexibility index (Phi) is 7.84. The molecule has 3 heterocycles. The van der Waals surface area contributed by atoms with Crippen LogP contribution in [0.3, 0.4) is 0 Å². The van der Waals surface area contributed by atoms with E-state index in [1.54, 1.807) is 18.3 Å². The maximum atomic E-state index is 14.4. The molecule has 0 aromatic carbocycles. The standard InChI is InChI=1S/C23H25BrFN5OS/c1-5-16(17-13-14(24)11-12-26-17)27-19-7-6-8-20(29-19)32-30-22(31)15-9-10-18(23(2,3)4)28-21(15)25/h6-13,16H,5H2,1-4H3,(H,27,29)(H,30,31). The van der Waals surface area contributed by atoms with Gasteiger partial charge in [-0.25, -0.2) is 9.97 Å². The van der Waals surface area contributed by atoms with E-state index in [2.05, 4.69) is 47.8 Å². The maximum absolute atomic E-state index is 14.4. The first kappa shape index (κ1) is 24.1. The van der Waals surface area contributed by atoms with Crippen LogP contribution in [-0.2, 0) is 5.41 Å². The minimum Gasteiger partial charge on any atom is -0.362 e. The molecule has 6 nitrogen and oxygen atoms in total. The van der Waals surface area contributed by atoms with Crippen molar-refractivity contribution in [2.24, 2.45) is 0 Å². The van der Waals surface area contributed by atoms with Crippen molar-refractivity contribution in [3.63, 3.8) is 0 Å². The van der Waals surface area contributed by atoms with Crippen molar-refractivity contribution in [3.05, 3.63) is 76.0 Å². The maximum Gasteiger partial charge on any atom is 0.266 e. The molecule has 32 heavy (non-hydrogen) atoms. The largest absolute Gasteiger partial charge is 0.362 e. The van der Waals surface area contributed by atoms with E-state index in [9.17, 15) is 9.18 Å². The highest BCUT2D eigenvalue weighted by molar-refractivity contribution is 9.10. The van der Waals surface area contributed by atoms with E-state index in [-0.39, 0.29) is 17.0 Å². The van der Waals surface area contributed by atoms with Gasteiger partial charge in [0.05, 0.1) is 17.3 Å². The Labute approximate surface area is 200 Å². The molecule has 0 radical (unpaired) electrons. The SMILES string of the molecule is CCC(Nc1cccc(SNC(=O)c2ccc(C(C)(C)C)nc2F)n1)c1cc(Br)ccn1. The van der Waals surface area contributed by atoms with Gasteiger partial charge in [0.25, 0.3) is 5.91 Å². The van der Waals surface area contributed by atoms with Crippen LogP contribution in [-0.4, -0.2) is 20.9 Å². The fourth-order valence-corrected chi connectivity index (χ4v) is 3.85. The van der Waals surface area contributed by atoms with Crippen LogP contribution in [0.15, 0.2) is 58.2 Å². The minimum absolute atomic E-state index is 0.0173. The van der Waals surface area contributed by atoms with Gasteiger partial charge in [0.1, 0.15) is 10.8 Å². The van der Waals surface area contributed by atoms with Crippen LogP contribution >= 0.6 is 27.9 Å². The first-order valence-electron chi connectivity index (χ1n) is 10.2. The summed E-state index contributed by atoms with van der Waals surface area (Å²) in [5.41, 5.74) is 1.08. The molecule has 2 N–H and O–H groups in total. The van der Waals surface area contributed by atoms with E-state index in [1.165, 1.54) is 6.07 Å². The van der Waals surface area contributed by atoms with E-state index in [4.69, 9.17) is 0 Å². The fourth-order valence-electron chi connectivity index (χ4n) is 2.90. The molecule has 0 aliphatic rings. The number of aromatic nitrogens is 3. The second kappa shape index (κ2) is 10.4. The number of carbonyl (C=O) groups is 1. The Balaban J connectivity index is 1.66. The molecule has 0 bridgehead atoms. The molecular weight excluding hydrogens is 493 g/mol. The number of pyridine rings is 3. The van der Waals surface area contributed by atoms with Crippen molar-refractivity contribution in [1.29, 1.82) is 0 Å². The molecule has 0 aliphatic heterocycles. The second-order valence-corrected chi connectivity index (χ2v) is 9.93. The zero-order valence-electron chi connectivity index (χ0n) is 18.3. The summed E-state index contributed by atoms with van der Waals surface area (Å²) in [6, 6.07) is 12.4. The molecule has 0 saturated carbocycles. The zero-order chi connectivity index (χ0) is 23.3. The third-order valence-electron chi connectivity index (χ3n) is 4.66. The van der Waals surface area contributed by atoms with E-state index >= 15 is 0 Å². The lowest BCUT2D eigenvalue weighted by Crippen LogP contribution is -2.21. The first-order valence-corrected chi connectivity index (χ1v) is 11.8. The number of halogens is 2. The number of anilines is 1. The topological polar surface area (TPSA) is 79.8 Å². The van der Waals surface area contributed by atoms with Crippen LogP contribution in [0.2, 0.25) is 0 Å². The van der Waals surface area contributed by atoms with Crippen molar-refractivity contribution in [3.8, 4) is 0 Å². The summed E-state index contributed by atoms with van der Waals surface area (Å²) in [4.78, 5) is 25.4. The molecule has 1 amide bonds. The minimum atomic E-state index is -0.786. The van der Waals surface area contributed by atoms with Crippen LogP contribution in [0.5, 0.6) is 0 Å². The molecule has 3 aromatic heterocycles. The summed E-state index contributed by atoms with van der Waals surface area (Å²) >= 11 is 4.49. The number of amides is 1. The molecule has 1 atom stereocenters. The smallest absolute Gasteiger partial charge is 0.266 e. The van der Waals surface area contributed by atoms with Gasteiger partial charge in [-0.2, -0.15) is 4.39 Å². The van der Waals surface area contributed by atoms with Gasteiger partial charge >= 0.3 is 0 Å². The third-order valence-corrected chi connectivity index (χ3v) is 5.88. The molecule has 9 heteroatoms. The van der Waals surface area contributed by atoms with Crippen LogP contribution in [0, 0.1) is 5.95 Å². The Hall–Kier alpha value is -2.52. The van der Waals surface area contributed by atoms with E-state index in [0.717, 1.165) is 28.5 Å². The van der Waals surface area contributed by atoms with Gasteiger partial charge in [-0.05, 0) is 42.8 Å². The molecule has 1 unspecified atom stereocenters. The van der Waals surface area contributed by atoms with E-state index < -0.39 is 11.9 Å². The Morgan fingerprint density at radius 3 is 2.62 bits per heavy atom. The number of carbonyl (C=O) groups excluding carboxylic acids is 1. The summed E-state index contributed by atoms with van der Waals surface area (Å²) in [5, 5.41) is 3.94. The summed E-state index contributed by atoms with van der Waals surface area (Å²) in [6.45, 7) is 7.87. The lowest BCUT2D eigenvalue weighted by atomic mass is 9.91. The van der Waals surface area contributed by atoms with Crippen LogP contribution in [0.1, 0.15) is 61.9 Å². The van der Waals surface area contributed by atoms with Gasteiger partial charge in [0.2, 0.25) is 5.95 Å². The summed E-state index contributed by atoms with van der Waals surface area (Å²) < 4.78 is 18.0. The van der Waals surface area contributed by atoms with Crippen LogP contribution in [0.4, 0.5) is 10.2 Å². The number of rotatable bonds is 7. The summed E-state index contributed by atoms with van der Waals surface area (Å²) in [6.07, 6.45) is 2.57. The number of nitrogens with one attached hydrogen (secondary N) is 2. The lowest BCUT2D eigenvalue weighted by Gasteiger charge is -2.18. The fraction of sp³-hybridized carbons (Fsp3) is 0.304. The molecule has 0 saturated heterocycles. The Morgan fingerprint density at radius 1 is 1.19 bits per heavy atom. The quantitative estimate of drug-likeness (QED) is 0.292. The average Bonchev–Trinajstić information content (AvgIpc) is 2.75. The Morgan fingerprint density at radius 2 is 1.97 bits per heavy atom. The van der Waals surface area contributed by atoms with Gasteiger partial charge in [-0.1, -0.05) is 49.7 Å². The number of hydrogen-bond donors (Lipinski definition) is 2. The van der Waals surface area contributed by atoms with Gasteiger partial charge in [-0.3, -0.25) is 14.5 Å². The molecule has 0 aliphatic carbocycles. The lowest BCUT2D eigenvalue weighted by molar-refractivity contribution is 0.0979. The first-order chi connectivity index (χ1) is 15.2. The number of nitrogens with zero attached hydrogens (tertiary/aromatic N) is 3. The molecule has 168 valence electrons. The average molecular weight is 518 g/mol. The monoisotopic (exact) mass is 517 g/mol. The predicted molar refractivity (Wildman–Crippen MR) is 129 cm³/mol. The van der Waals surface area contributed by atoms with Crippen LogP contribution < -0.4 is 10.0 Å². The predicted octanol–water partition coefficient (Wildman–Crippen LogP) is 6.07. The second-order valence-electron chi connectivity index (χ2n) is 8.18. The molecule has 3 aromatic rings. The van der Waals surface area contributed by atoms with Gasteiger partial charge in [0, 0.05) is 33.7 Å².